The molecule has 0 radical (unpaired) electrons. The molecular formula is C12H16F2N2O2. The molecule has 4 N–H and O–H groups in total. The minimum Gasteiger partial charge on any atom is -0.396 e. The summed E-state index contributed by atoms with van der Waals surface area (Å²) in [6, 6.07) is 1.58. The molecule has 0 fully saturated rings. The summed E-state index contributed by atoms with van der Waals surface area (Å²) in [5, 5.41) is 11.3. The average molecular weight is 258 g/mol. The fourth-order valence-electron chi connectivity index (χ4n) is 1.36. The highest BCUT2D eigenvalue weighted by Gasteiger charge is 2.22. The van der Waals surface area contributed by atoms with Crippen LogP contribution in [0.2, 0.25) is 0 Å². The highest BCUT2D eigenvalue weighted by atomic mass is 19.1. The van der Waals surface area contributed by atoms with Gasteiger partial charge in [0.2, 0.25) is 0 Å². The van der Waals surface area contributed by atoms with Crippen molar-refractivity contribution in [2.75, 3.05) is 12.3 Å². The van der Waals surface area contributed by atoms with E-state index < -0.39 is 29.1 Å². The molecule has 0 saturated heterocycles. The standard InChI is InChI=1S/C12H16F2N2O2/c1-6(5-17)7(2)16-12(18)10-8(13)3-4-9(15)11(10)14/h3-4,6-7,17H,5,15H2,1-2H3,(H,16,18). The molecule has 0 aliphatic rings. The number of carbonyl (C=O) groups excluding carboxylic acids is 1. The lowest BCUT2D eigenvalue weighted by Gasteiger charge is -2.19. The van der Waals surface area contributed by atoms with E-state index in [2.05, 4.69) is 5.32 Å². The SMILES string of the molecule is CC(CO)C(C)NC(=O)c1c(F)ccc(N)c1F. The Hall–Kier alpha value is -1.69. The third-order valence-corrected chi connectivity index (χ3v) is 2.85. The maximum Gasteiger partial charge on any atom is 0.257 e. The number of nitrogens with one attached hydrogen (secondary N) is 1. The van der Waals surface area contributed by atoms with E-state index in [4.69, 9.17) is 10.8 Å². The van der Waals surface area contributed by atoms with Gasteiger partial charge in [0.05, 0.1) is 5.69 Å². The molecule has 6 heteroatoms. The lowest BCUT2D eigenvalue weighted by atomic mass is 10.0. The van der Waals surface area contributed by atoms with Gasteiger partial charge >= 0.3 is 0 Å². The maximum atomic E-state index is 13.6. The number of hydrogen-bond donors (Lipinski definition) is 3. The minimum atomic E-state index is -1.07. The molecule has 18 heavy (non-hydrogen) atoms. The predicted octanol–water partition coefficient (Wildman–Crippen LogP) is 1.29. The third-order valence-electron chi connectivity index (χ3n) is 2.85. The van der Waals surface area contributed by atoms with Crippen molar-refractivity contribution in [2.45, 2.75) is 19.9 Å². The van der Waals surface area contributed by atoms with Crippen LogP contribution >= 0.6 is 0 Å². The number of amides is 1. The van der Waals surface area contributed by atoms with Gasteiger partial charge in [0, 0.05) is 12.6 Å². The van der Waals surface area contributed by atoms with Gasteiger partial charge in [-0.2, -0.15) is 0 Å². The Kier molecular flexibility index (Phi) is 4.61. The lowest BCUT2D eigenvalue weighted by molar-refractivity contribution is 0.0908. The van der Waals surface area contributed by atoms with Crippen molar-refractivity contribution in [1.82, 2.24) is 5.32 Å². The molecule has 1 aromatic carbocycles. The summed E-state index contributed by atoms with van der Waals surface area (Å²) in [5.41, 5.74) is 4.29. The Morgan fingerprint density at radius 1 is 1.44 bits per heavy atom. The summed E-state index contributed by atoms with van der Waals surface area (Å²) in [5.74, 6) is -3.15. The van der Waals surface area contributed by atoms with Crippen molar-refractivity contribution >= 4 is 11.6 Å². The van der Waals surface area contributed by atoms with Crippen LogP contribution in [0, 0.1) is 17.6 Å². The highest BCUT2D eigenvalue weighted by molar-refractivity contribution is 5.95. The molecule has 2 atom stereocenters. The second kappa shape index (κ2) is 5.77. The molecule has 0 aliphatic carbocycles. The van der Waals surface area contributed by atoms with Crippen molar-refractivity contribution < 1.29 is 18.7 Å². The number of benzene rings is 1. The van der Waals surface area contributed by atoms with Crippen molar-refractivity contribution in [3.8, 4) is 0 Å². The zero-order valence-electron chi connectivity index (χ0n) is 10.2. The summed E-state index contributed by atoms with van der Waals surface area (Å²) in [4.78, 5) is 11.7. The van der Waals surface area contributed by atoms with E-state index in [1.165, 1.54) is 0 Å². The van der Waals surface area contributed by atoms with Gasteiger partial charge in [-0.3, -0.25) is 4.79 Å². The van der Waals surface area contributed by atoms with Crippen molar-refractivity contribution in [3.05, 3.63) is 29.3 Å². The van der Waals surface area contributed by atoms with Crippen LogP contribution in [0.5, 0.6) is 0 Å². The fraction of sp³-hybridized carbons (Fsp3) is 0.417. The van der Waals surface area contributed by atoms with E-state index in [1.54, 1.807) is 13.8 Å². The normalized spacial score (nSPS) is 14.1. The van der Waals surface area contributed by atoms with Crippen molar-refractivity contribution in [3.63, 3.8) is 0 Å². The van der Waals surface area contributed by atoms with E-state index in [0.717, 1.165) is 12.1 Å². The van der Waals surface area contributed by atoms with Gasteiger partial charge < -0.3 is 16.2 Å². The van der Waals surface area contributed by atoms with Crippen LogP contribution in [-0.2, 0) is 0 Å². The zero-order valence-corrected chi connectivity index (χ0v) is 10.2. The average Bonchev–Trinajstić information content (AvgIpc) is 2.33. The van der Waals surface area contributed by atoms with Gasteiger partial charge in [0.1, 0.15) is 11.4 Å². The molecule has 0 bridgehead atoms. The molecular weight excluding hydrogens is 242 g/mol. The lowest BCUT2D eigenvalue weighted by Crippen LogP contribution is -2.39. The van der Waals surface area contributed by atoms with E-state index in [1.807, 2.05) is 0 Å². The van der Waals surface area contributed by atoms with Gasteiger partial charge in [0.25, 0.3) is 5.91 Å². The smallest absolute Gasteiger partial charge is 0.257 e. The first kappa shape index (κ1) is 14.4. The van der Waals surface area contributed by atoms with E-state index >= 15 is 0 Å². The molecule has 1 rings (SSSR count). The Morgan fingerprint density at radius 3 is 2.61 bits per heavy atom. The molecule has 2 unspecified atom stereocenters. The van der Waals surface area contributed by atoms with E-state index in [0.29, 0.717) is 0 Å². The first-order valence-electron chi connectivity index (χ1n) is 5.53. The monoisotopic (exact) mass is 258 g/mol. The summed E-state index contributed by atoms with van der Waals surface area (Å²) < 4.78 is 27.0. The van der Waals surface area contributed by atoms with E-state index in [-0.39, 0.29) is 18.2 Å². The number of halogens is 2. The molecule has 0 spiro atoms. The van der Waals surface area contributed by atoms with Crippen LogP contribution in [-0.4, -0.2) is 23.7 Å². The third kappa shape index (κ3) is 2.95. The molecule has 0 aromatic heterocycles. The summed E-state index contributed by atoms with van der Waals surface area (Å²) >= 11 is 0. The first-order valence-corrected chi connectivity index (χ1v) is 5.53. The number of rotatable bonds is 4. The first-order chi connectivity index (χ1) is 8.38. The topological polar surface area (TPSA) is 75.3 Å². The second-order valence-electron chi connectivity index (χ2n) is 4.25. The molecule has 0 saturated carbocycles. The predicted molar refractivity (Wildman–Crippen MR) is 63.9 cm³/mol. The quantitative estimate of drug-likeness (QED) is 0.712. The number of nitrogen functional groups attached to an aromatic ring is 1. The maximum absolute atomic E-state index is 13.6. The van der Waals surface area contributed by atoms with Crippen molar-refractivity contribution in [1.29, 1.82) is 0 Å². The van der Waals surface area contributed by atoms with Crippen molar-refractivity contribution in [2.24, 2.45) is 5.92 Å². The number of carbonyl (C=O) groups is 1. The molecule has 1 amide bonds. The van der Waals surface area contributed by atoms with Gasteiger partial charge in [0.15, 0.2) is 5.82 Å². The fourth-order valence-corrected chi connectivity index (χ4v) is 1.36. The number of hydrogen-bond acceptors (Lipinski definition) is 3. The van der Waals surface area contributed by atoms with Gasteiger partial charge in [-0.1, -0.05) is 6.92 Å². The Labute approximate surface area is 104 Å². The van der Waals surface area contributed by atoms with Crippen LogP contribution < -0.4 is 11.1 Å². The van der Waals surface area contributed by atoms with Gasteiger partial charge in [-0.25, -0.2) is 8.78 Å². The van der Waals surface area contributed by atoms with Crippen LogP contribution in [0.15, 0.2) is 12.1 Å². The van der Waals surface area contributed by atoms with E-state index in [9.17, 15) is 13.6 Å². The second-order valence-corrected chi connectivity index (χ2v) is 4.25. The Morgan fingerprint density at radius 2 is 2.06 bits per heavy atom. The van der Waals surface area contributed by atoms with Crippen LogP contribution in [0.4, 0.5) is 14.5 Å². The number of aliphatic hydroxyl groups is 1. The van der Waals surface area contributed by atoms with Crippen LogP contribution in [0.3, 0.4) is 0 Å². The molecule has 0 heterocycles. The van der Waals surface area contributed by atoms with Gasteiger partial charge in [-0.15, -0.1) is 0 Å². The molecule has 1 aromatic rings. The molecule has 0 aliphatic heterocycles. The van der Waals surface area contributed by atoms with Crippen LogP contribution in [0.25, 0.3) is 0 Å². The van der Waals surface area contributed by atoms with Crippen LogP contribution in [0.1, 0.15) is 24.2 Å². The number of aliphatic hydroxyl groups excluding tert-OH is 1. The summed E-state index contributed by atoms with van der Waals surface area (Å²) in [7, 11) is 0. The number of anilines is 1. The number of nitrogens with two attached hydrogens (primary N) is 1. The summed E-state index contributed by atoms with van der Waals surface area (Å²) in [6.45, 7) is 3.21. The zero-order chi connectivity index (χ0) is 13.9. The molecule has 4 nitrogen and oxygen atoms in total. The Bertz CT molecular complexity index is 452. The van der Waals surface area contributed by atoms with Gasteiger partial charge in [-0.05, 0) is 25.0 Å². The largest absolute Gasteiger partial charge is 0.396 e. The Balaban J connectivity index is 2.95. The summed E-state index contributed by atoms with van der Waals surface area (Å²) in [6.07, 6.45) is 0. The highest BCUT2D eigenvalue weighted by Crippen LogP contribution is 2.18. The minimum absolute atomic E-state index is 0.136. The molecule has 100 valence electrons.